The molecule has 1 atom stereocenters. The molecule has 1 heterocycles. The van der Waals surface area contributed by atoms with Crippen molar-refractivity contribution in [3.8, 4) is 0 Å². The molecule has 1 amide bonds. The molecule has 0 aliphatic heterocycles. The van der Waals surface area contributed by atoms with Gasteiger partial charge in [-0.25, -0.2) is 18.2 Å². The summed E-state index contributed by atoms with van der Waals surface area (Å²) in [5.74, 6) is -2.12. The predicted octanol–water partition coefficient (Wildman–Crippen LogP) is 3.76. The molecular formula is C20H16F3N3O. The summed E-state index contributed by atoms with van der Waals surface area (Å²) in [6, 6.07) is 8.47. The van der Waals surface area contributed by atoms with E-state index in [0.717, 1.165) is 24.3 Å². The first-order valence-electron chi connectivity index (χ1n) is 8.11. The fourth-order valence-corrected chi connectivity index (χ4v) is 2.66. The van der Waals surface area contributed by atoms with E-state index in [-0.39, 0.29) is 5.56 Å². The number of carbonyl (C=O) groups excluding carboxylic acids is 1. The fraction of sp³-hybridized carbons (Fsp3) is 0.100. The lowest BCUT2D eigenvalue weighted by atomic mass is 10.1. The van der Waals surface area contributed by atoms with Crippen LogP contribution in [0.15, 0.2) is 60.9 Å². The molecule has 1 aromatic heterocycles. The second-order valence-electron chi connectivity index (χ2n) is 5.86. The van der Waals surface area contributed by atoms with Crippen LogP contribution in [0.3, 0.4) is 0 Å². The summed E-state index contributed by atoms with van der Waals surface area (Å²) in [4.78, 5) is 16.5. The summed E-state index contributed by atoms with van der Waals surface area (Å²) in [5.41, 5.74) is 0.176. The number of carbonyl (C=O) groups is 1. The van der Waals surface area contributed by atoms with Gasteiger partial charge in [-0.05, 0) is 35.9 Å². The molecular weight excluding hydrogens is 355 g/mol. The van der Waals surface area contributed by atoms with Crippen LogP contribution in [0.4, 0.5) is 13.2 Å². The Bertz CT molecular complexity index is 977. The zero-order valence-electron chi connectivity index (χ0n) is 14.4. The van der Waals surface area contributed by atoms with Gasteiger partial charge in [0.15, 0.2) is 0 Å². The summed E-state index contributed by atoms with van der Waals surface area (Å²) in [6.07, 6.45) is 5.33. The van der Waals surface area contributed by atoms with E-state index in [0.29, 0.717) is 11.4 Å². The number of halogens is 3. The molecule has 0 fully saturated rings. The number of aryl methyl sites for hydroxylation is 1. The number of hydrogen-bond acceptors (Lipinski definition) is 2. The molecule has 0 saturated heterocycles. The number of benzene rings is 2. The van der Waals surface area contributed by atoms with Crippen LogP contribution in [0.1, 0.15) is 23.0 Å². The van der Waals surface area contributed by atoms with Gasteiger partial charge in [0, 0.05) is 31.1 Å². The number of nitrogens with zero attached hydrogens (tertiary/aromatic N) is 2. The maximum Gasteiger partial charge on any atom is 0.244 e. The minimum atomic E-state index is -0.773. The monoisotopic (exact) mass is 371 g/mol. The van der Waals surface area contributed by atoms with Crippen LogP contribution >= 0.6 is 0 Å². The predicted molar refractivity (Wildman–Crippen MR) is 95.0 cm³/mol. The lowest BCUT2D eigenvalue weighted by Gasteiger charge is -2.18. The average Bonchev–Trinajstić information content (AvgIpc) is 3.05. The molecule has 4 nitrogen and oxygen atoms in total. The van der Waals surface area contributed by atoms with Crippen LogP contribution < -0.4 is 5.32 Å². The first kappa shape index (κ1) is 18.4. The number of hydrogen-bond donors (Lipinski definition) is 1. The molecule has 1 N–H and O–H groups in total. The Kier molecular flexibility index (Phi) is 5.40. The molecule has 1 unspecified atom stereocenters. The van der Waals surface area contributed by atoms with Crippen molar-refractivity contribution in [1.82, 2.24) is 14.9 Å². The van der Waals surface area contributed by atoms with Crippen LogP contribution in [0, 0.1) is 17.5 Å². The topological polar surface area (TPSA) is 46.9 Å². The van der Waals surface area contributed by atoms with Gasteiger partial charge in [-0.15, -0.1) is 0 Å². The average molecular weight is 371 g/mol. The lowest BCUT2D eigenvalue weighted by molar-refractivity contribution is -0.117. The van der Waals surface area contributed by atoms with Gasteiger partial charge >= 0.3 is 0 Å². The van der Waals surface area contributed by atoms with Crippen molar-refractivity contribution in [3.05, 3.63) is 95.3 Å². The Labute approximate surface area is 154 Å². The van der Waals surface area contributed by atoms with Gasteiger partial charge in [-0.3, -0.25) is 4.79 Å². The van der Waals surface area contributed by atoms with Gasteiger partial charge in [0.05, 0.1) is 0 Å². The van der Waals surface area contributed by atoms with Gasteiger partial charge in [0.2, 0.25) is 5.91 Å². The Balaban J connectivity index is 1.87. The van der Waals surface area contributed by atoms with Crippen molar-refractivity contribution in [3.63, 3.8) is 0 Å². The number of imidazole rings is 1. The van der Waals surface area contributed by atoms with Crippen molar-refractivity contribution < 1.29 is 18.0 Å². The Morgan fingerprint density at radius 3 is 2.48 bits per heavy atom. The highest BCUT2D eigenvalue weighted by molar-refractivity contribution is 5.92. The van der Waals surface area contributed by atoms with Crippen LogP contribution in [0.25, 0.3) is 6.08 Å². The molecule has 3 rings (SSSR count). The van der Waals surface area contributed by atoms with Gasteiger partial charge in [0.1, 0.15) is 29.3 Å². The van der Waals surface area contributed by atoms with Crippen molar-refractivity contribution in [1.29, 1.82) is 0 Å². The van der Waals surface area contributed by atoms with Crippen LogP contribution in [-0.2, 0) is 11.8 Å². The van der Waals surface area contributed by atoms with Crippen molar-refractivity contribution in [2.45, 2.75) is 6.04 Å². The molecule has 3 aromatic rings. The maximum absolute atomic E-state index is 13.7. The first-order chi connectivity index (χ1) is 13.0. The standard InChI is InChI=1S/C20H16F3N3O/c1-26-11-10-24-20(26)19(13-4-2-5-14(21)12-13)25-18(27)9-8-15-16(22)6-3-7-17(15)23/h2-12,19H,1H3,(H,25,27). The highest BCUT2D eigenvalue weighted by Gasteiger charge is 2.20. The highest BCUT2D eigenvalue weighted by atomic mass is 19.1. The molecule has 27 heavy (non-hydrogen) atoms. The van der Waals surface area contributed by atoms with Crippen molar-refractivity contribution >= 4 is 12.0 Å². The van der Waals surface area contributed by atoms with E-state index in [4.69, 9.17) is 0 Å². The van der Waals surface area contributed by atoms with E-state index in [1.165, 1.54) is 24.3 Å². The van der Waals surface area contributed by atoms with E-state index >= 15 is 0 Å². The number of nitrogens with one attached hydrogen (secondary N) is 1. The van der Waals surface area contributed by atoms with E-state index < -0.39 is 29.4 Å². The van der Waals surface area contributed by atoms with E-state index in [1.54, 1.807) is 30.1 Å². The minimum Gasteiger partial charge on any atom is -0.339 e. The minimum absolute atomic E-state index is 0.313. The normalized spacial score (nSPS) is 12.3. The first-order valence-corrected chi connectivity index (χ1v) is 8.11. The summed E-state index contributed by atoms with van der Waals surface area (Å²) in [6.45, 7) is 0. The molecule has 0 aliphatic carbocycles. The zero-order chi connectivity index (χ0) is 19.4. The quantitative estimate of drug-likeness (QED) is 0.695. The Hall–Kier alpha value is -3.35. The number of amides is 1. The Morgan fingerprint density at radius 1 is 1.15 bits per heavy atom. The highest BCUT2D eigenvalue weighted by Crippen LogP contribution is 2.21. The van der Waals surface area contributed by atoms with Crippen molar-refractivity contribution in [2.24, 2.45) is 7.05 Å². The largest absolute Gasteiger partial charge is 0.339 e. The third-order valence-corrected chi connectivity index (χ3v) is 3.99. The summed E-state index contributed by atoms with van der Waals surface area (Å²) < 4.78 is 42.7. The third kappa shape index (κ3) is 4.25. The second-order valence-corrected chi connectivity index (χ2v) is 5.86. The molecule has 0 spiro atoms. The summed E-state index contributed by atoms with van der Waals surface area (Å²) >= 11 is 0. The van der Waals surface area contributed by atoms with Crippen LogP contribution in [-0.4, -0.2) is 15.5 Å². The Morgan fingerprint density at radius 2 is 1.85 bits per heavy atom. The zero-order valence-corrected chi connectivity index (χ0v) is 14.4. The molecule has 0 saturated carbocycles. The van der Waals surface area contributed by atoms with Gasteiger partial charge < -0.3 is 9.88 Å². The SMILES string of the molecule is Cn1ccnc1C(NC(=O)C=Cc1c(F)cccc1F)c1cccc(F)c1. The molecule has 2 aromatic carbocycles. The van der Waals surface area contributed by atoms with Gasteiger partial charge in [-0.1, -0.05) is 18.2 Å². The van der Waals surface area contributed by atoms with E-state index in [2.05, 4.69) is 10.3 Å². The molecule has 138 valence electrons. The number of aromatic nitrogens is 2. The molecule has 7 heteroatoms. The third-order valence-electron chi connectivity index (χ3n) is 3.99. The van der Waals surface area contributed by atoms with Crippen molar-refractivity contribution in [2.75, 3.05) is 0 Å². The number of rotatable bonds is 5. The summed E-state index contributed by atoms with van der Waals surface area (Å²) in [5, 5.41) is 2.69. The van der Waals surface area contributed by atoms with Crippen LogP contribution in [0.2, 0.25) is 0 Å². The molecule has 0 aliphatic rings. The van der Waals surface area contributed by atoms with Gasteiger partial charge in [-0.2, -0.15) is 0 Å². The smallest absolute Gasteiger partial charge is 0.244 e. The second kappa shape index (κ2) is 7.90. The van der Waals surface area contributed by atoms with Crippen LogP contribution in [0.5, 0.6) is 0 Å². The van der Waals surface area contributed by atoms with E-state index in [9.17, 15) is 18.0 Å². The molecule has 0 radical (unpaired) electrons. The lowest BCUT2D eigenvalue weighted by Crippen LogP contribution is -2.29. The summed E-state index contributed by atoms with van der Waals surface area (Å²) in [7, 11) is 1.74. The fourth-order valence-electron chi connectivity index (χ4n) is 2.66. The maximum atomic E-state index is 13.7. The van der Waals surface area contributed by atoms with E-state index in [1.807, 2.05) is 0 Å². The van der Waals surface area contributed by atoms with Gasteiger partial charge in [0.25, 0.3) is 0 Å². The molecule has 0 bridgehead atoms.